The zero-order chi connectivity index (χ0) is 40.4. The molecular weight excluding hydrogens is 878 g/mol. The van der Waals surface area contributed by atoms with Gasteiger partial charge < -0.3 is 9.67 Å². The number of aryl methyl sites for hydroxylation is 1. The fourth-order valence-electron chi connectivity index (χ4n) is 7.63. The summed E-state index contributed by atoms with van der Waals surface area (Å²) in [5.41, 5.74) is 13.9. The fraction of sp³-hybridized carbons (Fsp3) is 0.308. The first kappa shape index (κ1) is 41.8. The molecule has 0 unspecified atom stereocenters. The first-order valence-electron chi connectivity index (χ1n) is 19.8. The molecule has 1 N–H and O–H groups in total. The normalized spacial score (nSPS) is 12.5. The molecule has 5 aromatic carbocycles. The summed E-state index contributed by atoms with van der Waals surface area (Å²) in [5, 5.41) is 11.8. The summed E-state index contributed by atoms with van der Waals surface area (Å²) in [6.07, 6.45) is 1.90. The Morgan fingerprint density at radius 1 is 0.561 bits per heavy atom. The zero-order valence-electron chi connectivity index (χ0n) is 35.6. The average Bonchev–Trinajstić information content (AvgIpc) is 3.49. The fourth-order valence-corrected chi connectivity index (χ4v) is 7.63. The monoisotopic (exact) mass is 933 g/mol. The van der Waals surface area contributed by atoms with Crippen LogP contribution in [-0.4, -0.2) is 19.6 Å². The van der Waals surface area contributed by atoms with Crippen molar-refractivity contribution in [2.75, 3.05) is 0 Å². The third-order valence-corrected chi connectivity index (χ3v) is 11.4. The molecule has 0 saturated heterocycles. The molecule has 0 aliphatic heterocycles. The molecule has 0 atom stereocenters. The third kappa shape index (κ3) is 8.17. The van der Waals surface area contributed by atoms with Gasteiger partial charge in [-0.05, 0) is 62.3 Å². The van der Waals surface area contributed by atoms with E-state index in [1.165, 1.54) is 22.3 Å². The van der Waals surface area contributed by atoms with Gasteiger partial charge in [-0.3, -0.25) is 4.98 Å². The van der Waals surface area contributed by atoms with Gasteiger partial charge in [-0.15, -0.1) is 29.3 Å². The van der Waals surface area contributed by atoms with Crippen LogP contribution in [0.4, 0.5) is 0 Å². The second-order valence-corrected chi connectivity index (χ2v) is 19.0. The van der Waals surface area contributed by atoms with Gasteiger partial charge in [-0.25, -0.2) is 4.98 Å². The minimum absolute atomic E-state index is 0. The molecule has 7 rings (SSSR count). The maximum atomic E-state index is 11.8. The van der Waals surface area contributed by atoms with E-state index in [4.69, 9.17) is 9.97 Å². The molecule has 0 spiro atoms. The molecule has 0 saturated carbocycles. The number of hydrogen-bond acceptors (Lipinski definition) is 3. The van der Waals surface area contributed by atoms with Crippen molar-refractivity contribution in [2.24, 2.45) is 7.05 Å². The molecule has 4 nitrogen and oxygen atoms in total. The maximum Gasteiger partial charge on any atom is 0.143 e. The van der Waals surface area contributed by atoms with Crippen LogP contribution in [0.3, 0.4) is 0 Å². The second-order valence-electron chi connectivity index (χ2n) is 19.0. The van der Waals surface area contributed by atoms with E-state index in [-0.39, 0.29) is 48.5 Å². The van der Waals surface area contributed by atoms with Gasteiger partial charge in [0.15, 0.2) is 0 Å². The van der Waals surface area contributed by atoms with E-state index in [0.29, 0.717) is 0 Å². The molecule has 296 valence electrons. The first-order valence-corrected chi connectivity index (χ1v) is 19.8. The van der Waals surface area contributed by atoms with E-state index in [0.717, 1.165) is 61.5 Å². The minimum Gasteiger partial charge on any atom is -0.507 e. The van der Waals surface area contributed by atoms with E-state index >= 15 is 0 Å². The van der Waals surface area contributed by atoms with E-state index in [1.54, 1.807) is 0 Å². The summed E-state index contributed by atoms with van der Waals surface area (Å²) in [5.74, 6) is 1.02. The number of aromatic nitrogens is 3. The van der Waals surface area contributed by atoms with Gasteiger partial charge in [0.05, 0.1) is 16.6 Å². The van der Waals surface area contributed by atoms with Crippen LogP contribution in [0.5, 0.6) is 5.75 Å². The first-order chi connectivity index (χ1) is 26.2. The number of imidazole rings is 1. The Morgan fingerprint density at radius 2 is 1.18 bits per heavy atom. The van der Waals surface area contributed by atoms with Gasteiger partial charge in [0.2, 0.25) is 0 Å². The van der Waals surface area contributed by atoms with Crippen LogP contribution in [0.25, 0.3) is 55.9 Å². The van der Waals surface area contributed by atoms with Crippen LogP contribution in [0.15, 0.2) is 115 Å². The topological polar surface area (TPSA) is 50.9 Å². The van der Waals surface area contributed by atoms with Crippen LogP contribution >= 0.6 is 0 Å². The molecule has 0 fully saturated rings. The molecule has 0 aliphatic carbocycles. The molecule has 0 radical (unpaired) electrons. The molecule has 2 aromatic heterocycles. The Labute approximate surface area is 354 Å². The number of rotatable bonds is 6. The van der Waals surface area contributed by atoms with Crippen molar-refractivity contribution in [3.05, 3.63) is 149 Å². The van der Waals surface area contributed by atoms with Gasteiger partial charge in [0, 0.05) is 51.0 Å². The van der Waals surface area contributed by atoms with Gasteiger partial charge in [-0.2, -0.15) is 0 Å². The van der Waals surface area contributed by atoms with Crippen molar-refractivity contribution in [3.8, 4) is 50.6 Å². The minimum atomic E-state index is -0.247. The Morgan fingerprint density at radius 3 is 1.81 bits per heavy atom. The van der Waals surface area contributed by atoms with Gasteiger partial charge in [0.25, 0.3) is 0 Å². The molecule has 0 aliphatic rings. The number of aromatic hydroxyl groups is 1. The van der Waals surface area contributed by atoms with Crippen molar-refractivity contribution in [1.82, 2.24) is 14.5 Å². The number of phenolic OH excluding ortho intramolecular Hbond substituents is 1. The van der Waals surface area contributed by atoms with E-state index in [2.05, 4.69) is 196 Å². The maximum absolute atomic E-state index is 11.8. The van der Waals surface area contributed by atoms with Gasteiger partial charge >= 0.3 is 0 Å². The number of fused-ring (bicyclic) bond motifs is 1. The van der Waals surface area contributed by atoms with Crippen LogP contribution < -0.4 is 0 Å². The average molecular weight is 934 g/mol. The SMILES string of the molecule is Cn1c(-c2cc(C(C)(C)C)cc(C(C)(C)C)c2O)nc2c(-c3[c-]c(-c4cc(-c5ccc(C(C)(C)c6ccccc6)cc5)ccn4)cc(C(C)(C)C)c3)cccc21.[Pt]. The Bertz CT molecular complexity index is 2560. The van der Waals surface area contributed by atoms with Crippen LogP contribution in [0.2, 0.25) is 0 Å². The van der Waals surface area contributed by atoms with Crippen LogP contribution in [-0.2, 0) is 49.8 Å². The number of hydrogen-bond donors (Lipinski definition) is 1. The van der Waals surface area contributed by atoms with Gasteiger partial charge in [-0.1, -0.05) is 166 Å². The van der Waals surface area contributed by atoms with E-state index in [1.807, 2.05) is 13.2 Å². The molecule has 0 amide bonds. The molecule has 2 heterocycles. The van der Waals surface area contributed by atoms with Crippen LogP contribution in [0, 0.1) is 6.07 Å². The second kappa shape index (κ2) is 15.2. The zero-order valence-corrected chi connectivity index (χ0v) is 37.8. The largest absolute Gasteiger partial charge is 0.507 e. The van der Waals surface area contributed by atoms with E-state index < -0.39 is 0 Å². The number of nitrogens with zero attached hydrogens (tertiary/aromatic N) is 3. The number of pyridine rings is 1. The Hall–Kier alpha value is -4.79. The van der Waals surface area contributed by atoms with Crippen molar-refractivity contribution < 1.29 is 26.2 Å². The van der Waals surface area contributed by atoms with Crippen LogP contribution in [0.1, 0.15) is 104 Å². The summed E-state index contributed by atoms with van der Waals surface area (Å²) in [7, 11) is 2.04. The summed E-state index contributed by atoms with van der Waals surface area (Å²) in [4.78, 5) is 10.2. The standard InChI is InChI=1S/C52H56N3O.Pt/c1-49(2,3)39-28-35(27-36(29-39)44-30-34(25-26-53-44)33-21-23-38(24-22-33)52(10,11)37-17-14-13-15-18-37)41-19-16-20-45-46(41)54-48(55(45)12)42-31-40(50(4,5)6)32-43(47(42)56)51(7,8)9;/h13-26,28-32,56H,1-12H3;/q-1;. The van der Waals surface area contributed by atoms with E-state index in [9.17, 15) is 5.11 Å². The summed E-state index contributed by atoms with van der Waals surface area (Å²) < 4.78 is 2.11. The smallest absolute Gasteiger partial charge is 0.143 e. The predicted octanol–water partition coefficient (Wildman–Crippen LogP) is 13.4. The van der Waals surface area contributed by atoms with Gasteiger partial charge in [0.1, 0.15) is 11.6 Å². The quantitative estimate of drug-likeness (QED) is 0.169. The predicted molar refractivity (Wildman–Crippen MR) is 235 cm³/mol. The molecular formula is C52H56N3OPt-. The van der Waals surface area contributed by atoms with Crippen molar-refractivity contribution in [3.63, 3.8) is 0 Å². The molecule has 57 heavy (non-hydrogen) atoms. The molecule has 5 heteroatoms. The Balaban J connectivity index is 0.00000549. The summed E-state index contributed by atoms with van der Waals surface area (Å²) in [6, 6.07) is 42.8. The Kier molecular flexibility index (Phi) is 11.1. The third-order valence-electron chi connectivity index (χ3n) is 11.4. The summed E-state index contributed by atoms with van der Waals surface area (Å²) >= 11 is 0. The molecule has 7 aromatic rings. The molecule has 0 bridgehead atoms. The van der Waals surface area contributed by atoms with Crippen molar-refractivity contribution >= 4 is 11.0 Å². The van der Waals surface area contributed by atoms with Crippen molar-refractivity contribution in [1.29, 1.82) is 0 Å². The van der Waals surface area contributed by atoms with Crippen molar-refractivity contribution in [2.45, 2.75) is 97.8 Å². The number of phenols is 1. The summed E-state index contributed by atoms with van der Waals surface area (Å²) in [6.45, 7) is 24.4. The number of para-hydroxylation sites is 1. The number of benzene rings is 5.